The quantitative estimate of drug-likeness (QED) is 0.332. The number of nitrogens with one attached hydrogen (secondary N) is 3. The van der Waals surface area contributed by atoms with Crippen molar-refractivity contribution in [1.29, 1.82) is 0 Å². The number of ether oxygens (including phenoxy) is 2. The van der Waals surface area contributed by atoms with Gasteiger partial charge in [-0.2, -0.15) is 0 Å². The molecule has 2 aromatic rings. The summed E-state index contributed by atoms with van der Waals surface area (Å²) in [5, 5.41) is 9.24. The van der Waals surface area contributed by atoms with Crippen LogP contribution < -0.4 is 25.4 Å². The molecule has 28 heavy (non-hydrogen) atoms. The summed E-state index contributed by atoms with van der Waals surface area (Å²) in [5.74, 6) is 2.12. The average molecular weight is 384 g/mol. The number of guanidine groups is 1. The first-order chi connectivity index (χ1) is 13.7. The number of methoxy groups -OCH3 is 1. The fourth-order valence-corrected chi connectivity index (χ4v) is 2.38. The summed E-state index contributed by atoms with van der Waals surface area (Å²) in [6, 6.07) is 16.7. The summed E-state index contributed by atoms with van der Waals surface area (Å²) in [4.78, 5) is 16.6. The molecule has 0 aromatic heterocycles. The Morgan fingerprint density at radius 1 is 0.929 bits per heavy atom. The normalized spacial score (nSPS) is 10.9. The molecule has 0 atom stereocenters. The number of hydrogen-bond acceptors (Lipinski definition) is 4. The van der Waals surface area contributed by atoms with E-state index in [4.69, 9.17) is 9.47 Å². The van der Waals surface area contributed by atoms with Gasteiger partial charge in [-0.05, 0) is 43.3 Å². The van der Waals surface area contributed by atoms with Crippen LogP contribution in [0.2, 0.25) is 0 Å². The van der Waals surface area contributed by atoms with Gasteiger partial charge in [0.25, 0.3) is 5.91 Å². The van der Waals surface area contributed by atoms with Crippen molar-refractivity contribution in [2.24, 2.45) is 4.99 Å². The van der Waals surface area contributed by atoms with E-state index in [1.165, 1.54) is 0 Å². The first-order valence-corrected chi connectivity index (χ1v) is 9.35. The minimum absolute atomic E-state index is 0.132. The van der Waals surface area contributed by atoms with Crippen molar-refractivity contribution in [3.8, 4) is 11.5 Å². The lowest BCUT2D eigenvalue weighted by molar-refractivity contribution is 0.0955. The highest BCUT2D eigenvalue weighted by Gasteiger charge is 2.04. The van der Waals surface area contributed by atoms with Crippen molar-refractivity contribution in [1.82, 2.24) is 16.0 Å². The molecule has 0 fully saturated rings. The standard InChI is InChI=1S/C21H28N4O3/c1-3-22-21(25-15-16-28-19-7-5-4-6-8-19)24-14-13-23-20(26)17-9-11-18(27-2)12-10-17/h4-12H,3,13-16H2,1-2H3,(H,23,26)(H2,22,24,25). The molecule has 0 aliphatic heterocycles. The van der Waals surface area contributed by atoms with E-state index in [-0.39, 0.29) is 5.91 Å². The van der Waals surface area contributed by atoms with Crippen LogP contribution in [0, 0.1) is 0 Å². The zero-order chi connectivity index (χ0) is 20.0. The van der Waals surface area contributed by atoms with E-state index < -0.39 is 0 Å². The van der Waals surface area contributed by atoms with Crippen molar-refractivity contribution < 1.29 is 14.3 Å². The van der Waals surface area contributed by atoms with E-state index >= 15 is 0 Å². The Labute approximate surface area is 166 Å². The van der Waals surface area contributed by atoms with Crippen LogP contribution in [0.1, 0.15) is 17.3 Å². The Morgan fingerprint density at radius 3 is 2.36 bits per heavy atom. The van der Waals surface area contributed by atoms with Crippen molar-refractivity contribution in [2.45, 2.75) is 6.92 Å². The van der Waals surface area contributed by atoms with Gasteiger partial charge in [0.15, 0.2) is 5.96 Å². The molecule has 0 unspecified atom stereocenters. The van der Waals surface area contributed by atoms with Gasteiger partial charge in [-0.1, -0.05) is 18.2 Å². The van der Waals surface area contributed by atoms with Crippen molar-refractivity contribution in [2.75, 3.05) is 39.9 Å². The number of hydrogen-bond donors (Lipinski definition) is 3. The number of nitrogens with zero attached hydrogens (tertiary/aromatic N) is 1. The Morgan fingerprint density at radius 2 is 1.68 bits per heavy atom. The molecule has 0 spiro atoms. The van der Waals surface area contributed by atoms with Crippen LogP contribution >= 0.6 is 0 Å². The molecule has 7 nitrogen and oxygen atoms in total. The molecule has 3 N–H and O–H groups in total. The van der Waals surface area contributed by atoms with Crippen molar-refractivity contribution in [3.05, 3.63) is 60.2 Å². The maximum atomic E-state index is 12.1. The molecule has 0 radical (unpaired) electrons. The van der Waals surface area contributed by atoms with Crippen LogP contribution in [0.15, 0.2) is 59.6 Å². The number of rotatable bonds is 10. The molecule has 0 saturated heterocycles. The molecule has 2 rings (SSSR count). The predicted molar refractivity (Wildman–Crippen MR) is 111 cm³/mol. The van der Waals surface area contributed by atoms with Crippen LogP contribution in [0.3, 0.4) is 0 Å². The maximum Gasteiger partial charge on any atom is 0.251 e. The molecule has 150 valence electrons. The van der Waals surface area contributed by atoms with Crippen LogP contribution in [0.4, 0.5) is 0 Å². The monoisotopic (exact) mass is 384 g/mol. The van der Waals surface area contributed by atoms with Gasteiger partial charge in [-0.3, -0.25) is 9.79 Å². The SMILES string of the molecule is CCNC(=NCCNC(=O)c1ccc(OC)cc1)NCCOc1ccccc1. The van der Waals surface area contributed by atoms with Crippen LogP contribution in [-0.2, 0) is 0 Å². The van der Waals surface area contributed by atoms with E-state index in [1.807, 2.05) is 37.3 Å². The highest BCUT2D eigenvalue weighted by atomic mass is 16.5. The van der Waals surface area contributed by atoms with E-state index in [9.17, 15) is 4.79 Å². The molecule has 7 heteroatoms. The predicted octanol–water partition coefficient (Wildman–Crippen LogP) is 2.06. The average Bonchev–Trinajstić information content (AvgIpc) is 2.74. The summed E-state index contributed by atoms with van der Waals surface area (Å²) in [7, 11) is 1.59. The van der Waals surface area contributed by atoms with Crippen LogP contribution in [0.25, 0.3) is 0 Å². The Kier molecular flexibility index (Phi) is 9.20. The highest BCUT2D eigenvalue weighted by molar-refractivity contribution is 5.94. The molecule has 0 bridgehead atoms. The lowest BCUT2D eigenvalue weighted by atomic mass is 10.2. The fourth-order valence-electron chi connectivity index (χ4n) is 2.38. The second kappa shape index (κ2) is 12.2. The Hall–Kier alpha value is -3.22. The summed E-state index contributed by atoms with van der Waals surface area (Å²) < 4.78 is 10.7. The first kappa shape index (κ1) is 21.1. The topological polar surface area (TPSA) is 84.0 Å². The molecule has 1 amide bonds. The van der Waals surface area contributed by atoms with Gasteiger partial charge < -0.3 is 25.4 Å². The second-order valence-electron chi connectivity index (χ2n) is 5.83. The summed E-state index contributed by atoms with van der Waals surface area (Å²) in [6.45, 7) is 4.83. The van der Waals surface area contributed by atoms with Crippen molar-refractivity contribution >= 4 is 11.9 Å². The third-order valence-electron chi connectivity index (χ3n) is 3.77. The Balaban J connectivity index is 1.69. The van der Waals surface area contributed by atoms with Gasteiger partial charge in [0.1, 0.15) is 18.1 Å². The van der Waals surface area contributed by atoms with Gasteiger partial charge in [0.05, 0.1) is 20.2 Å². The van der Waals surface area contributed by atoms with Gasteiger partial charge in [0, 0.05) is 18.7 Å². The smallest absolute Gasteiger partial charge is 0.251 e. The van der Waals surface area contributed by atoms with Crippen LogP contribution in [-0.4, -0.2) is 51.8 Å². The maximum absolute atomic E-state index is 12.1. The third kappa shape index (κ3) is 7.57. The third-order valence-corrected chi connectivity index (χ3v) is 3.77. The van der Waals surface area contributed by atoms with E-state index in [0.29, 0.717) is 37.8 Å². The molecule has 0 aliphatic carbocycles. The van der Waals surface area contributed by atoms with E-state index in [2.05, 4.69) is 20.9 Å². The number of benzene rings is 2. The van der Waals surface area contributed by atoms with Gasteiger partial charge in [-0.25, -0.2) is 0 Å². The largest absolute Gasteiger partial charge is 0.497 e. The number of aliphatic imine (C=N–C) groups is 1. The second-order valence-corrected chi connectivity index (χ2v) is 5.83. The fraction of sp³-hybridized carbons (Fsp3) is 0.333. The summed E-state index contributed by atoms with van der Waals surface area (Å²) >= 11 is 0. The summed E-state index contributed by atoms with van der Waals surface area (Å²) in [6.07, 6.45) is 0. The molecule has 0 heterocycles. The molecular weight excluding hydrogens is 356 g/mol. The lowest BCUT2D eigenvalue weighted by Crippen LogP contribution is -2.40. The van der Waals surface area contributed by atoms with E-state index in [1.54, 1.807) is 31.4 Å². The minimum Gasteiger partial charge on any atom is -0.497 e. The molecule has 2 aromatic carbocycles. The molecule has 0 saturated carbocycles. The number of carbonyl (C=O) groups excluding carboxylic acids is 1. The number of carbonyl (C=O) groups is 1. The Bertz CT molecular complexity index is 733. The molecule has 0 aliphatic rings. The lowest BCUT2D eigenvalue weighted by Gasteiger charge is -2.12. The number of para-hydroxylation sites is 1. The zero-order valence-corrected chi connectivity index (χ0v) is 16.4. The van der Waals surface area contributed by atoms with Crippen LogP contribution in [0.5, 0.6) is 11.5 Å². The zero-order valence-electron chi connectivity index (χ0n) is 16.4. The first-order valence-electron chi connectivity index (χ1n) is 9.35. The minimum atomic E-state index is -0.132. The summed E-state index contributed by atoms with van der Waals surface area (Å²) in [5.41, 5.74) is 0.591. The van der Waals surface area contributed by atoms with Gasteiger partial charge in [-0.15, -0.1) is 0 Å². The number of amides is 1. The molecular formula is C21H28N4O3. The van der Waals surface area contributed by atoms with Gasteiger partial charge in [0.2, 0.25) is 0 Å². The van der Waals surface area contributed by atoms with Gasteiger partial charge >= 0.3 is 0 Å². The highest BCUT2D eigenvalue weighted by Crippen LogP contribution is 2.11. The van der Waals surface area contributed by atoms with Crippen molar-refractivity contribution in [3.63, 3.8) is 0 Å². The van der Waals surface area contributed by atoms with E-state index in [0.717, 1.165) is 18.0 Å².